The van der Waals surface area contributed by atoms with Gasteiger partial charge >= 0.3 is 0 Å². The fourth-order valence-corrected chi connectivity index (χ4v) is 2.72. The summed E-state index contributed by atoms with van der Waals surface area (Å²) in [5.74, 6) is 0.712. The fraction of sp³-hybridized carbons (Fsp3) is 0.118. The molecule has 0 aliphatic heterocycles. The van der Waals surface area contributed by atoms with Crippen molar-refractivity contribution < 1.29 is 9.53 Å². The normalized spacial score (nSPS) is 10.3. The van der Waals surface area contributed by atoms with Gasteiger partial charge in [-0.25, -0.2) is 4.98 Å². The second-order valence-electron chi connectivity index (χ2n) is 4.87. The minimum absolute atomic E-state index is 0.0185. The van der Waals surface area contributed by atoms with Crippen LogP contribution >= 0.6 is 11.3 Å². The van der Waals surface area contributed by atoms with Crippen molar-refractivity contribution in [2.45, 2.75) is 0 Å². The highest BCUT2D eigenvalue weighted by Crippen LogP contribution is 2.19. The largest absolute Gasteiger partial charge is 0.492 e. The first kappa shape index (κ1) is 15.9. The third-order valence-electron chi connectivity index (χ3n) is 3.20. The number of nitrogens with one attached hydrogen (secondary N) is 2. The summed E-state index contributed by atoms with van der Waals surface area (Å²) in [6.07, 6.45) is 1.29. The van der Waals surface area contributed by atoms with E-state index in [1.807, 2.05) is 47.8 Å². The number of aromatic nitrogens is 2. The van der Waals surface area contributed by atoms with Crippen molar-refractivity contribution in [1.82, 2.24) is 15.3 Å². The van der Waals surface area contributed by atoms with Crippen molar-refractivity contribution in [3.63, 3.8) is 0 Å². The minimum Gasteiger partial charge on any atom is -0.492 e. The number of para-hydroxylation sites is 1. The molecule has 0 bridgehead atoms. The van der Waals surface area contributed by atoms with Crippen LogP contribution in [0.25, 0.3) is 10.7 Å². The number of ether oxygens (including phenoxy) is 1. The van der Waals surface area contributed by atoms with E-state index in [1.54, 1.807) is 0 Å². The molecule has 3 aromatic rings. The second-order valence-corrected chi connectivity index (χ2v) is 5.82. The average molecular weight is 341 g/mol. The zero-order valence-electron chi connectivity index (χ0n) is 12.7. The van der Waals surface area contributed by atoms with E-state index < -0.39 is 11.5 Å². The van der Waals surface area contributed by atoms with E-state index in [9.17, 15) is 9.59 Å². The number of thiophene rings is 1. The maximum Gasteiger partial charge on any atom is 0.264 e. The Morgan fingerprint density at radius 3 is 2.75 bits per heavy atom. The number of benzene rings is 1. The number of hydrogen-bond donors (Lipinski definition) is 2. The van der Waals surface area contributed by atoms with Crippen LogP contribution in [0.2, 0.25) is 0 Å². The Kier molecular flexibility index (Phi) is 5.02. The molecule has 2 N–H and O–H groups in total. The first-order valence-corrected chi connectivity index (χ1v) is 8.21. The molecule has 0 spiro atoms. The van der Waals surface area contributed by atoms with Gasteiger partial charge in [0.05, 0.1) is 11.4 Å². The van der Waals surface area contributed by atoms with Gasteiger partial charge in [-0.2, -0.15) is 0 Å². The molecule has 0 aliphatic carbocycles. The SMILES string of the molecule is O=C(NCCOc1ccccc1)c1cnc(-c2cccs2)[nH]c1=O. The molecule has 7 heteroatoms. The Labute approximate surface area is 142 Å². The van der Waals surface area contributed by atoms with Gasteiger partial charge < -0.3 is 15.0 Å². The Morgan fingerprint density at radius 2 is 2.04 bits per heavy atom. The maximum absolute atomic E-state index is 12.1. The zero-order chi connectivity index (χ0) is 16.8. The molecule has 24 heavy (non-hydrogen) atoms. The number of rotatable bonds is 6. The molecule has 0 radical (unpaired) electrons. The van der Waals surface area contributed by atoms with Gasteiger partial charge in [0, 0.05) is 6.20 Å². The van der Waals surface area contributed by atoms with Crippen LogP contribution in [-0.2, 0) is 0 Å². The molecule has 0 atom stereocenters. The van der Waals surface area contributed by atoms with E-state index in [0.717, 1.165) is 10.6 Å². The third-order valence-corrected chi connectivity index (χ3v) is 4.07. The molecule has 3 rings (SSSR count). The van der Waals surface area contributed by atoms with Gasteiger partial charge in [0.2, 0.25) is 0 Å². The van der Waals surface area contributed by atoms with Crippen LogP contribution in [0.15, 0.2) is 58.8 Å². The van der Waals surface area contributed by atoms with E-state index in [-0.39, 0.29) is 5.56 Å². The number of hydrogen-bond acceptors (Lipinski definition) is 5. The maximum atomic E-state index is 12.1. The number of carbonyl (C=O) groups is 1. The molecule has 2 aromatic heterocycles. The van der Waals surface area contributed by atoms with E-state index >= 15 is 0 Å². The first-order chi connectivity index (χ1) is 11.7. The predicted octanol–water partition coefficient (Wildman–Crippen LogP) is 2.31. The molecule has 0 saturated carbocycles. The first-order valence-electron chi connectivity index (χ1n) is 7.33. The van der Waals surface area contributed by atoms with Crippen LogP contribution in [0.5, 0.6) is 5.75 Å². The van der Waals surface area contributed by atoms with Crippen molar-refractivity contribution >= 4 is 17.2 Å². The van der Waals surface area contributed by atoms with Crippen LogP contribution in [0, 0.1) is 0 Å². The Bertz CT molecular complexity index is 860. The summed E-state index contributed by atoms with van der Waals surface area (Å²) in [6.45, 7) is 0.605. The van der Waals surface area contributed by atoms with Crippen molar-refractivity contribution in [2.75, 3.05) is 13.2 Å². The molecule has 0 fully saturated rings. The third kappa shape index (κ3) is 3.88. The Hall–Kier alpha value is -2.93. The van der Waals surface area contributed by atoms with Crippen molar-refractivity contribution in [2.24, 2.45) is 0 Å². The van der Waals surface area contributed by atoms with Gasteiger partial charge in [-0.05, 0) is 23.6 Å². The van der Waals surface area contributed by atoms with E-state index in [2.05, 4.69) is 15.3 Å². The van der Waals surface area contributed by atoms with Crippen LogP contribution in [0.1, 0.15) is 10.4 Å². The van der Waals surface area contributed by atoms with Gasteiger partial charge in [0.25, 0.3) is 11.5 Å². The molecule has 2 heterocycles. The topological polar surface area (TPSA) is 84.1 Å². The highest BCUT2D eigenvalue weighted by molar-refractivity contribution is 7.13. The number of amides is 1. The summed E-state index contributed by atoms with van der Waals surface area (Å²) in [6, 6.07) is 13.0. The highest BCUT2D eigenvalue weighted by Gasteiger charge is 2.12. The smallest absolute Gasteiger partial charge is 0.264 e. The Balaban J connectivity index is 1.56. The predicted molar refractivity (Wildman–Crippen MR) is 92.4 cm³/mol. The Morgan fingerprint density at radius 1 is 1.21 bits per heavy atom. The van der Waals surface area contributed by atoms with Gasteiger partial charge in [0.1, 0.15) is 23.7 Å². The molecular weight excluding hydrogens is 326 g/mol. The van der Waals surface area contributed by atoms with Crippen LogP contribution in [0.3, 0.4) is 0 Å². The summed E-state index contributed by atoms with van der Waals surface area (Å²) in [5, 5.41) is 4.53. The average Bonchev–Trinajstić information content (AvgIpc) is 3.14. The van der Waals surface area contributed by atoms with Crippen molar-refractivity contribution in [3.05, 3.63) is 70.0 Å². The van der Waals surface area contributed by atoms with Crippen LogP contribution < -0.4 is 15.6 Å². The van der Waals surface area contributed by atoms with Gasteiger partial charge in [0.15, 0.2) is 0 Å². The standard InChI is InChI=1S/C17H15N3O3S/c21-16(18-8-9-23-12-5-2-1-3-6-12)13-11-19-15(20-17(13)22)14-7-4-10-24-14/h1-7,10-11H,8-9H2,(H,18,21)(H,19,20,22). The molecular formula is C17H15N3O3S. The molecule has 0 unspecified atom stereocenters. The molecule has 0 aliphatic rings. The molecule has 6 nitrogen and oxygen atoms in total. The lowest BCUT2D eigenvalue weighted by Gasteiger charge is -2.07. The quantitative estimate of drug-likeness (QED) is 0.674. The number of H-pyrrole nitrogens is 1. The lowest BCUT2D eigenvalue weighted by atomic mass is 10.3. The number of carbonyl (C=O) groups excluding carboxylic acids is 1. The minimum atomic E-state index is -0.474. The molecule has 1 amide bonds. The van der Waals surface area contributed by atoms with Gasteiger partial charge in [-0.1, -0.05) is 24.3 Å². The van der Waals surface area contributed by atoms with E-state index in [1.165, 1.54) is 17.5 Å². The van der Waals surface area contributed by atoms with Crippen LogP contribution in [0.4, 0.5) is 0 Å². The summed E-state index contributed by atoms with van der Waals surface area (Å²) in [4.78, 5) is 31.7. The fourth-order valence-electron chi connectivity index (χ4n) is 2.04. The van der Waals surface area contributed by atoms with Gasteiger partial charge in [-0.15, -0.1) is 11.3 Å². The summed E-state index contributed by atoms with van der Waals surface area (Å²) in [7, 11) is 0. The summed E-state index contributed by atoms with van der Waals surface area (Å²) in [5.41, 5.74) is -0.482. The molecule has 0 saturated heterocycles. The van der Waals surface area contributed by atoms with E-state index in [4.69, 9.17) is 4.74 Å². The number of nitrogens with zero attached hydrogens (tertiary/aromatic N) is 1. The van der Waals surface area contributed by atoms with Crippen molar-refractivity contribution in [3.8, 4) is 16.5 Å². The molecule has 122 valence electrons. The van der Waals surface area contributed by atoms with Crippen molar-refractivity contribution in [1.29, 1.82) is 0 Å². The summed E-state index contributed by atoms with van der Waals surface area (Å²) >= 11 is 1.46. The zero-order valence-corrected chi connectivity index (χ0v) is 13.5. The van der Waals surface area contributed by atoms with E-state index in [0.29, 0.717) is 19.0 Å². The lowest BCUT2D eigenvalue weighted by molar-refractivity contribution is 0.0945. The summed E-state index contributed by atoms with van der Waals surface area (Å²) < 4.78 is 5.48. The van der Waals surface area contributed by atoms with Crippen LogP contribution in [-0.4, -0.2) is 29.0 Å². The number of aromatic amines is 1. The van der Waals surface area contributed by atoms with Gasteiger partial charge in [-0.3, -0.25) is 9.59 Å². The monoisotopic (exact) mass is 341 g/mol. The molecule has 1 aromatic carbocycles. The second kappa shape index (κ2) is 7.56. The lowest BCUT2D eigenvalue weighted by Crippen LogP contribution is -2.32. The highest BCUT2D eigenvalue weighted by atomic mass is 32.1.